The van der Waals surface area contributed by atoms with Crippen LogP contribution in [0.5, 0.6) is 0 Å². The van der Waals surface area contributed by atoms with Crippen LogP contribution in [0.4, 0.5) is 27.6 Å². The standard InChI is InChI=1S/C16H11F5N2O3S/c17-9-1-6-12(13(18)7-9)14-8-15(16(19,20)21)22-23(14)10-2-4-11(5-3-10)27(24,25)26/h1-7,14H,8H2,(H,24,25,26). The molecule has 0 amide bonds. The van der Waals surface area contributed by atoms with Gasteiger partial charge in [0.1, 0.15) is 17.3 Å². The number of anilines is 1. The molecule has 2 aromatic rings. The molecule has 1 N–H and O–H groups in total. The van der Waals surface area contributed by atoms with Gasteiger partial charge in [0.25, 0.3) is 10.1 Å². The van der Waals surface area contributed by atoms with Gasteiger partial charge in [-0.1, -0.05) is 6.07 Å². The van der Waals surface area contributed by atoms with Gasteiger partial charge in [-0.3, -0.25) is 9.56 Å². The highest BCUT2D eigenvalue weighted by molar-refractivity contribution is 7.85. The fourth-order valence-electron chi connectivity index (χ4n) is 2.70. The molecule has 144 valence electrons. The summed E-state index contributed by atoms with van der Waals surface area (Å²) in [7, 11) is -4.49. The van der Waals surface area contributed by atoms with Gasteiger partial charge in [-0.15, -0.1) is 0 Å². The van der Waals surface area contributed by atoms with Crippen molar-refractivity contribution < 1.29 is 34.9 Å². The summed E-state index contributed by atoms with van der Waals surface area (Å²) in [6.07, 6.45) is -5.43. The first-order valence-electron chi connectivity index (χ1n) is 7.43. The van der Waals surface area contributed by atoms with E-state index in [-0.39, 0.29) is 11.3 Å². The van der Waals surface area contributed by atoms with Crippen LogP contribution in [0.25, 0.3) is 0 Å². The zero-order valence-corrected chi connectivity index (χ0v) is 14.1. The van der Waals surface area contributed by atoms with E-state index in [0.717, 1.165) is 41.4 Å². The van der Waals surface area contributed by atoms with Crippen molar-refractivity contribution in [2.75, 3.05) is 5.01 Å². The maximum Gasteiger partial charge on any atom is 0.431 e. The number of hydrazone groups is 1. The van der Waals surface area contributed by atoms with E-state index < -0.39 is 51.0 Å². The van der Waals surface area contributed by atoms with E-state index in [9.17, 15) is 30.4 Å². The summed E-state index contributed by atoms with van der Waals surface area (Å²) in [5.74, 6) is -1.91. The van der Waals surface area contributed by atoms with Crippen molar-refractivity contribution in [3.8, 4) is 0 Å². The summed E-state index contributed by atoms with van der Waals surface area (Å²) in [5.41, 5.74) is -1.32. The Morgan fingerprint density at radius 2 is 1.70 bits per heavy atom. The van der Waals surface area contributed by atoms with Gasteiger partial charge in [0, 0.05) is 18.1 Å². The number of alkyl halides is 3. The van der Waals surface area contributed by atoms with Crippen LogP contribution in [0.3, 0.4) is 0 Å². The lowest BCUT2D eigenvalue weighted by atomic mass is 10.0. The minimum atomic E-state index is -4.75. The molecule has 2 aromatic carbocycles. The van der Waals surface area contributed by atoms with Crippen LogP contribution in [-0.4, -0.2) is 24.9 Å². The number of nitrogens with zero attached hydrogens (tertiary/aromatic N) is 2. The van der Waals surface area contributed by atoms with Crippen LogP contribution in [0.15, 0.2) is 52.5 Å². The largest absolute Gasteiger partial charge is 0.431 e. The number of hydrogen-bond acceptors (Lipinski definition) is 4. The summed E-state index contributed by atoms with van der Waals surface area (Å²) in [6.45, 7) is 0. The molecule has 0 saturated heterocycles. The Labute approximate surface area is 150 Å². The van der Waals surface area contributed by atoms with Gasteiger partial charge < -0.3 is 0 Å². The average molecular weight is 406 g/mol. The van der Waals surface area contributed by atoms with E-state index in [1.165, 1.54) is 0 Å². The van der Waals surface area contributed by atoms with Gasteiger partial charge >= 0.3 is 6.18 Å². The Balaban J connectivity index is 2.05. The topological polar surface area (TPSA) is 70.0 Å². The highest BCUT2D eigenvalue weighted by atomic mass is 32.2. The third-order valence-corrected chi connectivity index (χ3v) is 4.83. The lowest BCUT2D eigenvalue weighted by Gasteiger charge is -2.24. The van der Waals surface area contributed by atoms with Crippen molar-refractivity contribution in [3.63, 3.8) is 0 Å². The first-order chi connectivity index (χ1) is 12.5. The smallest absolute Gasteiger partial charge is 0.282 e. The van der Waals surface area contributed by atoms with Crippen LogP contribution in [0, 0.1) is 11.6 Å². The quantitative estimate of drug-likeness (QED) is 0.616. The molecule has 0 bridgehead atoms. The zero-order chi connectivity index (χ0) is 20.0. The lowest BCUT2D eigenvalue weighted by molar-refractivity contribution is -0.0600. The van der Waals surface area contributed by atoms with Crippen molar-refractivity contribution in [2.45, 2.75) is 23.5 Å². The molecule has 0 spiro atoms. The van der Waals surface area contributed by atoms with Crippen LogP contribution in [0.2, 0.25) is 0 Å². The second-order valence-corrected chi connectivity index (χ2v) is 7.17. The minimum Gasteiger partial charge on any atom is -0.282 e. The van der Waals surface area contributed by atoms with Crippen LogP contribution < -0.4 is 5.01 Å². The van der Waals surface area contributed by atoms with E-state index in [0.29, 0.717) is 6.07 Å². The van der Waals surface area contributed by atoms with Gasteiger partial charge in [-0.05, 0) is 30.3 Å². The number of rotatable bonds is 3. The lowest BCUT2D eigenvalue weighted by Crippen LogP contribution is -2.22. The highest BCUT2D eigenvalue weighted by Gasteiger charge is 2.44. The first-order valence-corrected chi connectivity index (χ1v) is 8.87. The molecule has 0 aromatic heterocycles. The molecule has 0 aliphatic carbocycles. The molecule has 0 saturated carbocycles. The maximum absolute atomic E-state index is 14.1. The summed E-state index contributed by atoms with van der Waals surface area (Å²) >= 11 is 0. The van der Waals surface area contributed by atoms with E-state index in [4.69, 9.17) is 4.55 Å². The second kappa shape index (κ2) is 6.57. The third kappa shape index (κ3) is 3.93. The SMILES string of the molecule is O=S(=O)(O)c1ccc(N2N=C(C(F)(F)F)CC2c2ccc(F)cc2F)cc1. The normalized spacial score (nSPS) is 17.9. The molecule has 0 radical (unpaired) electrons. The molecule has 5 nitrogen and oxygen atoms in total. The van der Waals surface area contributed by atoms with Gasteiger partial charge in [-0.25, -0.2) is 8.78 Å². The van der Waals surface area contributed by atoms with Crippen molar-refractivity contribution in [2.24, 2.45) is 5.10 Å². The van der Waals surface area contributed by atoms with E-state index >= 15 is 0 Å². The number of hydrogen-bond donors (Lipinski definition) is 1. The van der Waals surface area contributed by atoms with E-state index in [1.807, 2.05) is 0 Å². The Kier molecular flexibility index (Phi) is 4.68. The predicted octanol–water partition coefficient (Wildman–Crippen LogP) is 4.08. The Morgan fingerprint density at radius 1 is 1.07 bits per heavy atom. The average Bonchev–Trinajstić information content (AvgIpc) is 2.99. The molecule has 11 heteroatoms. The molecule has 27 heavy (non-hydrogen) atoms. The summed E-state index contributed by atoms with van der Waals surface area (Å²) in [5, 5.41) is 4.38. The monoisotopic (exact) mass is 406 g/mol. The molecular formula is C16H11F5N2O3S. The summed E-state index contributed by atoms with van der Waals surface area (Å²) in [6, 6.07) is 5.50. The molecular weight excluding hydrogens is 395 g/mol. The van der Waals surface area contributed by atoms with Crippen molar-refractivity contribution in [1.29, 1.82) is 0 Å². The molecule has 1 heterocycles. The fourth-order valence-corrected chi connectivity index (χ4v) is 3.18. The van der Waals surface area contributed by atoms with Gasteiger partial charge in [0.2, 0.25) is 0 Å². The molecule has 3 rings (SSSR count). The third-order valence-electron chi connectivity index (χ3n) is 3.96. The molecule has 1 atom stereocenters. The minimum absolute atomic E-state index is 0.0374. The molecule has 1 aliphatic heterocycles. The first kappa shape index (κ1) is 19.2. The van der Waals surface area contributed by atoms with Crippen LogP contribution in [-0.2, 0) is 10.1 Å². The zero-order valence-electron chi connectivity index (χ0n) is 13.3. The summed E-state index contributed by atoms with van der Waals surface area (Å²) in [4.78, 5) is -0.463. The second-order valence-electron chi connectivity index (χ2n) is 5.74. The van der Waals surface area contributed by atoms with Crippen LogP contribution in [0.1, 0.15) is 18.0 Å². The summed E-state index contributed by atoms with van der Waals surface area (Å²) < 4.78 is 97.7. The van der Waals surface area contributed by atoms with Gasteiger partial charge in [0.15, 0.2) is 0 Å². The molecule has 1 unspecified atom stereocenters. The Bertz CT molecular complexity index is 1000. The Hall–Kier alpha value is -2.53. The predicted molar refractivity (Wildman–Crippen MR) is 85.9 cm³/mol. The highest BCUT2D eigenvalue weighted by Crippen LogP contribution is 2.40. The number of benzene rings is 2. The van der Waals surface area contributed by atoms with Crippen molar-refractivity contribution in [1.82, 2.24) is 0 Å². The molecule has 1 aliphatic rings. The number of halogens is 5. The van der Waals surface area contributed by atoms with Crippen molar-refractivity contribution >= 4 is 21.5 Å². The van der Waals surface area contributed by atoms with E-state index in [2.05, 4.69) is 5.10 Å². The maximum atomic E-state index is 14.1. The van der Waals surface area contributed by atoms with Gasteiger partial charge in [0.05, 0.1) is 16.6 Å². The van der Waals surface area contributed by atoms with Crippen molar-refractivity contribution in [3.05, 3.63) is 59.7 Å². The fraction of sp³-hybridized carbons (Fsp3) is 0.188. The van der Waals surface area contributed by atoms with Gasteiger partial charge in [-0.2, -0.15) is 26.7 Å². The van der Waals surface area contributed by atoms with E-state index in [1.54, 1.807) is 0 Å². The molecule has 0 fully saturated rings. The van der Waals surface area contributed by atoms with Crippen LogP contribution >= 0.6 is 0 Å². The Morgan fingerprint density at radius 3 is 2.22 bits per heavy atom.